The molecule has 2 aliphatic heterocycles. The minimum Gasteiger partial charge on any atom is -0.381 e. The lowest BCUT2D eigenvalue weighted by Gasteiger charge is -2.43. The number of nitrogens with one attached hydrogen (secondary N) is 1. The van der Waals surface area contributed by atoms with Crippen molar-refractivity contribution in [2.45, 2.75) is 43.9 Å². The summed E-state index contributed by atoms with van der Waals surface area (Å²) in [6, 6.07) is 7.86. The highest BCUT2D eigenvalue weighted by Gasteiger charge is 2.37. The lowest BCUT2D eigenvalue weighted by molar-refractivity contribution is -0.130. The van der Waals surface area contributed by atoms with E-state index in [4.69, 9.17) is 26.8 Å². The van der Waals surface area contributed by atoms with E-state index in [9.17, 15) is 4.79 Å². The SMILES string of the molecule is CC1(C)CN(C(CNC(=O)C2(N)CCOCC2)c2ccc(Cl)cc2)CCO1. The molecule has 0 radical (unpaired) electrons. The van der Waals surface area contributed by atoms with Gasteiger partial charge in [0.05, 0.1) is 23.8 Å². The summed E-state index contributed by atoms with van der Waals surface area (Å²) in [6.07, 6.45) is 1.10. The molecular formula is C20H30ClN3O3. The maximum absolute atomic E-state index is 12.8. The van der Waals surface area contributed by atoms with E-state index in [1.807, 2.05) is 24.3 Å². The monoisotopic (exact) mass is 395 g/mol. The number of nitrogens with two attached hydrogens (primary N) is 1. The molecule has 6 nitrogen and oxygen atoms in total. The van der Waals surface area contributed by atoms with Gasteiger partial charge in [0.1, 0.15) is 0 Å². The molecule has 2 aliphatic rings. The first-order chi connectivity index (χ1) is 12.8. The molecular weight excluding hydrogens is 366 g/mol. The number of nitrogens with zero attached hydrogens (tertiary/aromatic N) is 1. The second-order valence-corrected chi connectivity index (χ2v) is 8.56. The zero-order valence-electron chi connectivity index (χ0n) is 16.2. The Morgan fingerprint density at radius 2 is 1.93 bits per heavy atom. The van der Waals surface area contributed by atoms with Gasteiger partial charge in [-0.05, 0) is 44.4 Å². The minimum atomic E-state index is -0.840. The van der Waals surface area contributed by atoms with Gasteiger partial charge >= 0.3 is 0 Å². The number of morpholine rings is 1. The van der Waals surface area contributed by atoms with Gasteiger partial charge in [-0.15, -0.1) is 0 Å². The Bertz CT molecular complexity index is 644. The van der Waals surface area contributed by atoms with Gasteiger partial charge < -0.3 is 20.5 Å². The predicted octanol–water partition coefficient (Wildman–Crippen LogP) is 2.12. The van der Waals surface area contributed by atoms with Gasteiger partial charge in [-0.25, -0.2) is 0 Å². The van der Waals surface area contributed by atoms with E-state index in [1.165, 1.54) is 0 Å². The largest absolute Gasteiger partial charge is 0.381 e. The number of rotatable bonds is 5. The molecule has 1 aromatic rings. The van der Waals surface area contributed by atoms with Crippen LogP contribution in [0.25, 0.3) is 0 Å². The Hall–Kier alpha value is -1.18. The number of carbonyl (C=O) groups is 1. The van der Waals surface area contributed by atoms with Crippen LogP contribution in [0.4, 0.5) is 0 Å². The molecule has 0 saturated carbocycles. The first-order valence-electron chi connectivity index (χ1n) is 9.58. The number of benzene rings is 1. The quantitative estimate of drug-likeness (QED) is 0.798. The van der Waals surface area contributed by atoms with Crippen LogP contribution in [0.1, 0.15) is 38.3 Å². The third-order valence-electron chi connectivity index (χ3n) is 5.44. The van der Waals surface area contributed by atoms with E-state index in [0.29, 0.717) is 44.2 Å². The maximum Gasteiger partial charge on any atom is 0.240 e. The van der Waals surface area contributed by atoms with Crippen molar-refractivity contribution in [1.29, 1.82) is 0 Å². The highest BCUT2D eigenvalue weighted by molar-refractivity contribution is 6.30. The van der Waals surface area contributed by atoms with E-state index >= 15 is 0 Å². The van der Waals surface area contributed by atoms with Crippen LogP contribution in [0, 0.1) is 0 Å². The van der Waals surface area contributed by atoms with Gasteiger partial charge in [0.15, 0.2) is 0 Å². The molecule has 1 amide bonds. The highest BCUT2D eigenvalue weighted by Crippen LogP contribution is 2.28. The Morgan fingerprint density at radius 1 is 1.26 bits per heavy atom. The van der Waals surface area contributed by atoms with Crippen LogP contribution in [-0.2, 0) is 14.3 Å². The third-order valence-corrected chi connectivity index (χ3v) is 5.70. The van der Waals surface area contributed by atoms with Crippen LogP contribution >= 0.6 is 11.6 Å². The van der Waals surface area contributed by atoms with Crippen molar-refractivity contribution >= 4 is 17.5 Å². The zero-order valence-corrected chi connectivity index (χ0v) is 16.9. The fourth-order valence-corrected chi connectivity index (χ4v) is 3.92. The van der Waals surface area contributed by atoms with Crippen LogP contribution in [0.3, 0.4) is 0 Å². The molecule has 3 N–H and O–H groups in total. The number of halogens is 1. The molecule has 2 saturated heterocycles. The maximum atomic E-state index is 12.8. The van der Waals surface area contributed by atoms with Crippen LogP contribution < -0.4 is 11.1 Å². The second kappa shape index (κ2) is 8.45. The average Bonchev–Trinajstić information content (AvgIpc) is 2.63. The number of carbonyl (C=O) groups excluding carboxylic acids is 1. The number of ether oxygens (including phenoxy) is 2. The van der Waals surface area contributed by atoms with Gasteiger partial charge in [0.25, 0.3) is 0 Å². The van der Waals surface area contributed by atoms with Gasteiger partial charge in [-0.1, -0.05) is 23.7 Å². The fraction of sp³-hybridized carbons (Fsp3) is 0.650. The molecule has 1 aromatic carbocycles. The van der Waals surface area contributed by atoms with Crippen LogP contribution in [0.5, 0.6) is 0 Å². The predicted molar refractivity (Wildman–Crippen MR) is 106 cm³/mol. The average molecular weight is 396 g/mol. The van der Waals surface area contributed by atoms with E-state index in [0.717, 1.165) is 18.7 Å². The molecule has 0 aliphatic carbocycles. The Morgan fingerprint density at radius 3 is 2.56 bits per heavy atom. The lowest BCUT2D eigenvalue weighted by Crippen LogP contribution is -2.58. The molecule has 0 bridgehead atoms. The van der Waals surface area contributed by atoms with Crippen molar-refractivity contribution in [1.82, 2.24) is 10.2 Å². The second-order valence-electron chi connectivity index (χ2n) is 8.12. The van der Waals surface area contributed by atoms with Crippen molar-refractivity contribution in [3.8, 4) is 0 Å². The van der Waals surface area contributed by atoms with Crippen molar-refractivity contribution < 1.29 is 14.3 Å². The third kappa shape index (κ3) is 5.21. The van der Waals surface area contributed by atoms with E-state index in [2.05, 4.69) is 24.1 Å². The zero-order chi connectivity index (χ0) is 19.5. The summed E-state index contributed by atoms with van der Waals surface area (Å²) in [4.78, 5) is 15.1. The van der Waals surface area contributed by atoms with Crippen molar-refractivity contribution in [2.75, 3.05) is 39.5 Å². The van der Waals surface area contributed by atoms with E-state index in [1.54, 1.807) is 0 Å². The van der Waals surface area contributed by atoms with Crippen LogP contribution in [0.15, 0.2) is 24.3 Å². The van der Waals surface area contributed by atoms with Gasteiger partial charge in [-0.2, -0.15) is 0 Å². The summed E-state index contributed by atoms with van der Waals surface area (Å²) < 4.78 is 11.2. The lowest BCUT2D eigenvalue weighted by atomic mass is 9.90. The number of hydrogen-bond acceptors (Lipinski definition) is 5. The van der Waals surface area contributed by atoms with Gasteiger partial charge in [0.2, 0.25) is 5.91 Å². The smallest absolute Gasteiger partial charge is 0.240 e. The molecule has 0 spiro atoms. The standard InChI is InChI=1S/C20H30ClN3O3/c1-19(2)14-24(9-12-27-19)17(15-3-5-16(21)6-4-15)13-23-18(25)20(22)7-10-26-11-8-20/h3-6,17H,7-14,22H2,1-2H3,(H,23,25). The number of amides is 1. The molecule has 7 heteroatoms. The molecule has 1 atom stereocenters. The highest BCUT2D eigenvalue weighted by atomic mass is 35.5. The summed E-state index contributed by atoms with van der Waals surface area (Å²) in [7, 11) is 0. The summed E-state index contributed by atoms with van der Waals surface area (Å²) in [6.45, 7) is 8.01. The summed E-state index contributed by atoms with van der Waals surface area (Å²) >= 11 is 6.06. The van der Waals surface area contributed by atoms with Crippen LogP contribution in [-0.4, -0.2) is 61.4 Å². The van der Waals surface area contributed by atoms with Gasteiger partial charge in [-0.3, -0.25) is 9.69 Å². The molecule has 2 heterocycles. The molecule has 0 aromatic heterocycles. The number of hydrogen-bond donors (Lipinski definition) is 2. The molecule has 27 heavy (non-hydrogen) atoms. The Balaban J connectivity index is 1.73. The van der Waals surface area contributed by atoms with E-state index in [-0.39, 0.29) is 17.6 Å². The van der Waals surface area contributed by atoms with Gasteiger partial charge in [0, 0.05) is 37.9 Å². The first kappa shape index (κ1) is 20.6. The Kier molecular flexibility index (Phi) is 6.43. The van der Waals surface area contributed by atoms with E-state index < -0.39 is 5.54 Å². The molecule has 1 unspecified atom stereocenters. The van der Waals surface area contributed by atoms with Crippen molar-refractivity contribution in [3.05, 3.63) is 34.9 Å². The summed E-state index contributed by atoms with van der Waals surface area (Å²) in [5.74, 6) is -0.0997. The van der Waals surface area contributed by atoms with Crippen molar-refractivity contribution in [2.24, 2.45) is 5.73 Å². The van der Waals surface area contributed by atoms with Crippen LogP contribution in [0.2, 0.25) is 5.02 Å². The molecule has 150 valence electrons. The first-order valence-corrected chi connectivity index (χ1v) is 9.95. The minimum absolute atomic E-state index is 0.0397. The fourth-order valence-electron chi connectivity index (χ4n) is 3.79. The molecule has 2 fully saturated rings. The van der Waals surface area contributed by atoms with Crippen molar-refractivity contribution in [3.63, 3.8) is 0 Å². The Labute approximate surface area is 166 Å². The normalized spacial score (nSPS) is 23.6. The summed E-state index contributed by atoms with van der Waals surface area (Å²) in [5.41, 5.74) is 6.39. The summed E-state index contributed by atoms with van der Waals surface area (Å²) in [5, 5.41) is 3.80. The molecule has 3 rings (SSSR count). The topological polar surface area (TPSA) is 76.8 Å².